The molecule has 0 aliphatic heterocycles. The Morgan fingerprint density at radius 2 is 1.48 bits per heavy atom. The Hall–Kier alpha value is -2.88. The van der Waals surface area contributed by atoms with Crippen molar-refractivity contribution in [2.75, 3.05) is 0 Å². The molecule has 21 heavy (non-hydrogen) atoms. The number of carboxylic acids is 1. The van der Waals surface area contributed by atoms with Crippen molar-refractivity contribution in [1.82, 2.24) is 5.16 Å². The number of carbonyl (C=O) groups is 1. The van der Waals surface area contributed by atoms with E-state index in [-0.39, 0.29) is 11.5 Å². The molecule has 4 heteroatoms. The number of aromatic carboxylic acids is 1. The minimum atomic E-state index is -1.04. The van der Waals surface area contributed by atoms with Crippen LogP contribution < -0.4 is 0 Å². The molecule has 104 valence electrons. The molecule has 1 N–H and O–H groups in total. The van der Waals surface area contributed by atoms with Crippen LogP contribution in [0.5, 0.6) is 0 Å². The molecular weight excluding hydrogens is 266 g/mol. The fraction of sp³-hybridized carbons (Fsp3) is 0.0588. The van der Waals surface area contributed by atoms with Gasteiger partial charge in [0, 0.05) is 0 Å². The van der Waals surface area contributed by atoms with Gasteiger partial charge in [-0.25, -0.2) is 4.79 Å². The van der Waals surface area contributed by atoms with Crippen LogP contribution in [0.4, 0.5) is 0 Å². The Kier molecular flexibility index (Phi) is 3.51. The van der Waals surface area contributed by atoms with Crippen LogP contribution in [0.3, 0.4) is 0 Å². The highest BCUT2D eigenvalue weighted by molar-refractivity contribution is 5.88. The van der Waals surface area contributed by atoms with Crippen LogP contribution in [-0.2, 0) is 0 Å². The molecule has 0 saturated carbocycles. The highest BCUT2D eigenvalue weighted by Crippen LogP contribution is 2.33. The Balaban J connectivity index is 2.18. The lowest BCUT2D eigenvalue weighted by molar-refractivity contribution is 0.0694. The van der Waals surface area contributed by atoms with E-state index in [9.17, 15) is 9.90 Å². The normalized spacial score (nSPS) is 10.7. The molecule has 0 spiro atoms. The van der Waals surface area contributed by atoms with Gasteiger partial charge in [-0.1, -0.05) is 65.8 Å². The Bertz CT molecular complexity index is 695. The molecule has 1 aromatic heterocycles. The Morgan fingerprint density at radius 3 is 1.95 bits per heavy atom. The zero-order valence-electron chi connectivity index (χ0n) is 11.1. The maximum absolute atomic E-state index is 11.3. The van der Waals surface area contributed by atoms with Crippen LogP contribution in [0.25, 0.3) is 0 Å². The minimum Gasteiger partial charge on any atom is -0.478 e. The van der Waals surface area contributed by atoms with Gasteiger partial charge in [0.1, 0.15) is 5.56 Å². The fourth-order valence-electron chi connectivity index (χ4n) is 2.40. The molecule has 0 aliphatic carbocycles. The Morgan fingerprint density at radius 1 is 0.952 bits per heavy atom. The van der Waals surface area contributed by atoms with Crippen molar-refractivity contribution in [2.24, 2.45) is 0 Å². The minimum absolute atomic E-state index is 0.0905. The van der Waals surface area contributed by atoms with Crippen LogP contribution in [0.2, 0.25) is 0 Å². The van der Waals surface area contributed by atoms with Crippen LogP contribution in [0.1, 0.15) is 33.2 Å². The summed E-state index contributed by atoms with van der Waals surface area (Å²) >= 11 is 0. The van der Waals surface area contributed by atoms with Crippen molar-refractivity contribution in [2.45, 2.75) is 5.92 Å². The van der Waals surface area contributed by atoms with E-state index >= 15 is 0 Å². The summed E-state index contributed by atoms with van der Waals surface area (Å²) in [5.74, 6) is -0.982. The average Bonchev–Trinajstić information content (AvgIpc) is 2.99. The number of benzene rings is 2. The molecular formula is C17H13NO3. The summed E-state index contributed by atoms with van der Waals surface area (Å²) in [6.45, 7) is 0. The highest BCUT2D eigenvalue weighted by atomic mass is 16.5. The zero-order valence-corrected chi connectivity index (χ0v) is 11.1. The van der Waals surface area contributed by atoms with E-state index in [1.54, 1.807) is 0 Å². The van der Waals surface area contributed by atoms with Gasteiger partial charge in [0.25, 0.3) is 0 Å². The first-order valence-corrected chi connectivity index (χ1v) is 6.55. The number of nitrogens with zero attached hydrogens (tertiary/aromatic N) is 1. The molecule has 4 nitrogen and oxygen atoms in total. The summed E-state index contributed by atoms with van der Waals surface area (Å²) in [5.41, 5.74) is 2.01. The summed E-state index contributed by atoms with van der Waals surface area (Å²) in [7, 11) is 0. The van der Waals surface area contributed by atoms with Crippen LogP contribution in [0.15, 0.2) is 71.4 Å². The van der Waals surface area contributed by atoms with Crippen molar-refractivity contribution in [1.29, 1.82) is 0 Å². The second kappa shape index (κ2) is 5.63. The van der Waals surface area contributed by atoms with Gasteiger partial charge in [-0.2, -0.15) is 0 Å². The molecule has 0 unspecified atom stereocenters. The lowest BCUT2D eigenvalue weighted by Gasteiger charge is -2.15. The third-order valence-corrected chi connectivity index (χ3v) is 3.36. The molecule has 0 aliphatic rings. The number of hydrogen-bond acceptors (Lipinski definition) is 3. The maximum Gasteiger partial charge on any atom is 0.341 e. The molecule has 0 fully saturated rings. The topological polar surface area (TPSA) is 63.3 Å². The van der Waals surface area contributed by atoms with E-state index in [0.717, 1.165) is 11.1 Å². The first-order valence-electron chi connectivity index (χ1n) is 6.55. The first-order chi connectivity index (χ1) is 10.3. The van der Waals surface area contributed by atoms with Gasteiger partial charge < -0.3 is 9.63 Å². The summed E-state index contributed by atoms with van der Waals surface area (Å²) in [4.78, 5) is 11.3. The number of aromatic nitrogens is 1. The van der Waals surface area contributed by atoms with E-state index in [2.05, 4.69) is 5.16 Å². The van der Waals surface area contributed by atoms with Gasteiger partial charge in [0.2, 0.25) is 0 Å². The molecule has 0 atom stereocenters. The van der Waals surface area contributed by atoms with E-state index < -0.39 is 5.97 Å². The van der Waals surface area contributed by atoms with Crippen molar-refractivity contribution >= 4 is 5.97 Å². The SMILES string of the molecule is O=C(O)c1cnoc1C(c1ccccc1)c1ccccc1. The van der Waals surface area contributed by atoms with E-state index in [1.807, 2.05) is 60.7 Å². The van der Waals surface area contributed by atoms with Gasteiger partial charge in [-0.15, -0.1) is 0 Å². The molecule has 0 bridgehead atoms. The summed E-state index contributed by atoms with van der Waals surface area (Å²) in [6.07, 6.45) is 1.25. The zero-order chi connectivity index (χ0) is 14.7. The van der Waals surface area contributed by atoms with Gasteiger partial charge in [0.15, 0.2) is 5.76 Å². The third kappa shape index (κ3) is 2.56. The van der Waals surface area contributed by atoms with E-state index in [1.165, 1.54) is 6.20 Å². The summed E-state index contributed by atoms with van der Waals surface area (Å²) in [5, 5.41) is 13.0. The van der Waals surface area contributed by atoms with Crippen molar-refractivity contribution in [3.63, 3.8) is 0 Å². The van der Waals surface area contributed by atoms with Crippen LogP contribution in [-0.4, -0.2) is 16.2 Å². The Labute approximate surface area is 121 Å². The second-order valence-corrected chi connectivity index (χ2v) is 4.66. The van der Waals surface area contributed by atoms with Crippen molar-refractivity contribution in [3.05, 3.63) is 89.3 Å². The van der Waals surface area contributed by atoms with Crippen molar-refractivity contribution in [3.8, 4) is 0 Å². The predicted molar refractivity (Wildman–Crippen MR) is 77.3 cm³/mol. The van der Waals surface area contributed by atoms with Gasteiger partial charge in [0.05, 0.1) is 12.1 Å². The molecule has 2 aromatic carbocycles. The van der Waals surface area contributed by atoms with Gasteiger partial charge in [-0.3, -0.25) is 0 Å². The van der Waals surface area contributed by atoms with Gasteiger partial charge in [-0.05, 0) is 11.1 Å². The molecule has 1 heterocycles. The molecule has 3 aromatic rings. The maximum atomic E-state index is 11.3. The standard InChI is InChI=1S/C17H13NO3/c19-17(20)14-11-18-21-16(14)15(12-7-3-1-4-8-12)13-9-5-2-6-10-13/h1-11,15H,(H,19,20). The van der Waals surface area contributed by atoms with Crippen LogP contribution in [0, 0.1) is 0 Å². The van der Waals surface area contributed by atoms with Crippen LogP contribution >= 0.6 is 0 Å². The van der Waals surface area contributed by atoms with E-state index in [4.69, 9.17) is 4.52 Å². The molecule has 0 radical (unpaired) electrons. The lowest BCUT2D eigenvalue weighted by atomic mass is 9.87. The van der Waals surface area contributed by atoms with E-state index in [0.29, 0.717) is 5.76 Å². The lowest BCUT2D eigenvalue weighted by Crippen LogP contribution is -2.07. The summed E-state index contributed by atoms with van der Waals surface area (Å²) in [6, 6.07) is 19.3. The average molecular weight is 279 g/mol. The number of rotatable bonds is 4. The number of hydrogen-bond donors (Lipinski definition) is 1. The quantitative estimate of drug-likeness (QED) is 0.793. The first kappa shape index (κ1) is 13.1. The van der Waals surface area contributed by atoms with Gasteiger partial charge >= 0.3 is 5.97 Å². The molecule has 0 saturated heterocycles. The van der Waals surface area contributed by atoms with Crippen molar-refractivity contribution < 1.29 is 14.4 Å². The number of carboxylic acid groups (broad SMARTS) is 1. The molecule has 3 rings (SSSR count). The highest BCUT2D eigenvalue weighted by Gasteiger charge is 2.26. The third-order valence-electron chi connectivity index (χ3n) is 3.36. The largest absolute Gasteiger partial charge is 0.478 e. The summed E-state index contributed by atoms with van der Waals surface area (Å²) < 4.78 is 5.27. The molecule has 0 amide bonds. The monoisotopic (exact) mass is 279 g/mol. The fourth-order valence-corrected chi connectivity index (χ4v) is 2.40. The second-order valence-electron chi connectivity index (χ2n) is 4.66. The predicted octanol–water partition coefficient (Wildman–Crippen LogP) is 3.55. The smallest absolute Gasteiger partial charge is 0.341 e.